The summed E-state index contributed by atoms with van der Waals surface area (Å²) in [5.74, 6) is -1.35. The lowest BCUT2D eigenvalue weighted by Gasteiger charge is -2.21. The summed E-state index contributed by atoms with van der Waals surface area (Å²) >= 11 is 0. The number of phosphoric ester groups is 2. The number of phosphoric acid groups is 2. The first kappa shape index (κ1) is 77.1. The summed E-state index contributed by atoms with van der Waals surface area (Å²) in [4.78, 5) is 71.5. The summed E-state index contributed by atoms with van der Waals surface area (Å²) < 4.78 is 67.4. The quantitative estimate of drug-likeness (QED) is 0.0222. The van der Waals surface area contributed by atoms with Gasteiger partial charge in [0.05, 0.1) is 26.4 Å². The molecule has 0 rings (SSSR count). The second-order valence-corrected chi connectivity index (χ2v) is 25.1. The molecule has 0 aliphatic carbocycles. The normalized spacial score (nSPS) is 14.3. The highest BCUT2D eigenvalue weighted by molar-refractivity contribution is 7.47. The average Bonchev–Trinajstić information content (AvgIpc) is 3.41. The molecule has 2 unspecified atom stereocenters. The minimum Gasteiger partial charge on any atom is -0.462 e. The molecule has 0 aliphatic rings. The average molecular weight is 1170 g/mol. The zero-order chi connectivity index (χ0) is 58.5. The molecule has 79 heavy (non-hydrogen) atoms. The van der Waals surface area contributed by atoms with Crippen LogP contribution in [0, 0.1) is 5.92 Å². The van der Waals surface area contributed by atoms with Gasteiger partial charge in [-0.3, -0.25) is 37.3 Å². The molecule has 0 aromatic heterocycles. The van der Waals surface area contributed by atoms with E-state index in [9.17, 15) is 43.2 Å². The van der Waals surface area contributed by atoms with Crippen molar-refractivity contribution in [1.82, 2.24) is 0 Å². The molecule has 0 saturated heterocycles. The van der Waals surface area contributed by atoms with Gasteiger partial charge in [0, 0.05) is 25.7 Å². The number of aliphatic hydroxyl groups is 1. The van der Waals surface area contributed by atoms with Crippen molar-refractivity contribution >= 4 is 39.5 Å². The zero-order valence-electron chi connectivity index (χ0n) is 50.5. The molecule has 19 heteroatoms. The Labute approximate surface area is 479 Å². The van der Waals surface area contributed by atoms with Gasteiger partial charge in [-0.25, -0.2) is 9.13 Å². The van der Waals surface area contributed by atoms with Crippen LogP contribution in [0.5, 0.6) is 0 Å². The van der Waals surface area contributed by atoms with Crippen molar-refractivity contribution in [2.24, 2.45) is 5.92 Å². The number of aliphatic hydroxyl groups excluding tert-OH is 1. The summed E-state index contributed by atoms with van der Waals surface area (Å²) in [6, 6.07) is 0. The molecule has 0 radical (unpaired) electrons. The van der Waals surface area contributed by atoms with Crippen LogP contribution in [-0.2, 0) is 65.4 Å². The molecule has 0 heterocycles. The number of unbranched alkanes of at least 4 members (excludes halogenated alkanes) is 32. The van der Waals surface area contributed by atoms with Crippen molar-refractivity contribution < 1.29 is 80.2 Å². The van der Waals surface area contributed by atoms with Crippen molar-refractivity contribution in [2.45, 2.75) is 316 Å². The molecule has 0 saturated carbocycles. The summed E-state index contributed by atoms with van der Waals surface area (Å²) in [6.45, 7) is 7.03. The molecule has 5 atom stereocenters. The fourth-order valence-electron chi connectivity index (χ4n) is 8.88. The summed E-state index contributed by atoms with van der Waals surface area (Å²) in [7, 11) is -9.86. The lowest BCUT2D eigenvalue weighted by atomic mass is 10.0. The van der Waals surface area contributed by atoms with Gasteiger partial charge < -0.3 is 33.8 Å². The number of hydrogen-bond donors (Lipinski definition) is 3. The first-order chi connectivity index (χ1) is 38.0. The largest absolute Gasteiger partial charge is 0.472 e. The Morgan fingerprint density at radius 1 is 0.342 bits per heavy atom. The van der Waals surface area contributed by atoms with E-state index < -0.39 is 97.5 Å². The van der Waals surface area contributed by atoms with E-state index in [1.807, 2.05) is 0 Å². The third kappa shape index (κ3) is 55.0. The molecule has 0 fully saturated rings. The van der Waals surface area contributed by atoms with Crippen LogP contribution < -0.4 is 0 Å². The lowest BCUT2D eigenvalue weighted by Crippen LogP contribution is -2.30. The van der Waals surface area contributed by atoms with Crippen LogP contribution in [0.4, 0.5) is 0 Å². The second kappa shape index (κ2) is 54.0. The van der Waals surface area contributed by atoms with Gasteiger partial charge in [-0.2, -0.15) is 0 Å². The topological polar surface area (TPSA) is 237 Å². The van der Waals surface area contributed by atoms with Crippen molar-refractivity contribution in [2.75, 3.05) is 39.6 Å². The van der Waals surface area contributed by atoms with Gasteiger partial charge in [0.25, 0.3) is 0 Å². The van der Waals surface area contributed by atoms with Crippen LogP contribution in [-0.4, -0.2) is 96.7 Å². The van der Waals surface area contributed by atoms with E-state index in [4.69, 9.17) is 37.0 Å². The molecule has 0 bridgehead atoms. The Balaban J connectivity index is 5.05. The molecule has 0 aliphatic heterocycles. The summed E-state index contributed by atoms with van der Waals surface area (Å²) in [6.07, 6.45) is 36.8. The van der Waals surface area contributed by atoms with Crippen molar-refractivity contribution in [3.05, 3.63) is 0 Å². The Hall–Kier alpha value is -1.94. The van der Waals surface area contributed by atoms with E-state index >= 15 is 0 Å². The summed E-state index contributed by atoms with van der Waals surface area (Å²) in [5.41, 5.74) is 0. The molecule has 0 aromatic carbocycles. The maximum absolute atomic E-state index is 12.9. The number of esters is 4. The summed E-state index contributed by atoms with van der Waals surface area (Å²) in [5, 5.41) is 10.5. The molecular formula is C60H116O17P2. The predicted molar refractivity (Wildman–Crippen MR) is 312 cm³/mol. The van der Waals surface area contributed by atoms with Crippen molar-refractivity contribution in [3.8, 4) is 0 Å². The van der Waals surface area contributed by atoms with Gasteiger partial charge in [-0.15, -0.1) is 0 Å². The van der Waals surface area contributed by atoms with Crippen LogP contribution in [0.25, 0.3) is 0 Å². The highest BCUT2D eigenvalue weighted by atomic mass is 31.2. The maximum Gasteiger partial charge on any atom is 0.472 e. The van der Waals surface area contributed by atoms with Crippen LogP contribution in [0.15, 0.2) is 0 Å². The standard InChI is InChI=1S/C60H116O17P2/c1-6-9-12-15-17-30-34-39-44-58(63)71-50-56(77-60(65)46-41-36-31-27-25-23-21-19-18-20-22-24-26-29-33-37-42-53(4)5)52-75-79(68,69)73-48-54(61)47-72-78(66,67)74-51-55(49-70-57(62)43-38-32-14-11-8-3)76-59(64)45-40-35-28-16-13-10-7-2/h53-56,61H,6-52H2,1-5H3,(H,66,67)(H,68,69)/t54-,55+,56+/m0/s1. The fraction of sp³-hybridized carbons (Fsp3) is 0.933. The smallest absolute Gasteiger partial charge is 0.462 e. The molecular weight excluding hydrogens is 1050 g/mol. The Kier molecular flexibility index (Phi) is 52.7. The Morgan fingerprint density at radius 2 is 0.582 bits per heavy atom. The molecule has 0 spiro atoms. The molecule has 17 nitrogen and oxygen atoms in total. The Morgan fingerprint density at radius 3 is 0.861 bits per heavy atom. The van der Waals surface area contributed by atoms with E-state index in [0.29, 0.717) is 25.7 Å². The molecule has 468 valence electrons. The lowest BCUT2D eigenvalue weighted by molar-refractivity contribution is -0.161. The number of rotatable bonds is 60. The Bertz CT molecular complexity index is 1550. The first-order valence-electron chi connectivity index (χ1n) is 31.6. The van der Waals surface area contributed by atoms with Crippen molar-refractivity contribution in [3.63, 3.8) is 0 Å². The van der Waals surface area contributed by atoms with E-state index in [1.165, 1.54) is 96.3 Å². The predicted octanol–water partition coefficient (Wildman–Crippen LogP) is 16.2. The van der Waals surface area contributed by atoms with Gasteiger partial charge in [0.2, 0.25) is 0 Å². The van der Waals surface area contributed by atoms with Crippen LogP contribution >= 0.6 is 15.6 Å². The number of carbonyl (C=O) groups excluding carboxylic acids is 4. The molecule has 3 N–H and O–H groups in total. The molecule has 0 aromatic rings. The number of ether oxygens (including phenoxy) is 4. The highest BCUT2D eigenvalue weighted by Crippen LogP contribution is 2.45. The van der Waals surface area contributed by atoms with E-state index in [1.54, 1.807) is 0 Å². The monoisotopic (exact) mass is 1170 g/mol. The van der Waals surface area contributed by atoms with Gasteiger partial charge in [0.1, 0.15) is 19.3 Å². The third-order valence-electron chi connectivity index (χ3n) is 13.8. The third-order valence-corrected chi connectivity index (χ3v) is 15.7. The van der Waals surface area contributed by atoms with Crippen LogP contribution in [0.3, 0.4) is 0 Å². The van der Waals surface area contributed by atoms with Gasteiger partial charge in [0.15, 0.2) is 12.2 Å². The maximum atomic E-state index is 12.9. The van der Waals surface area contributed by atoms with Crippen LogP contribution in [0.2, 0.25) is 0 Å². The minimum absolute atomic E-state index is 0.103. The minimum atomic E-state index is -4.93. The van der Waals surface area contributed by atoms with Gasteiger partial charge >= 0.3 is 39.5 Å². The SMILES string of the molecule is CCCCCCCCCCC(=O)OC[C@H](COP(=O)(O)OC[C@@H](O)COP(=O)(O)OC[C@@H](COC(=O)CCCCCCC)OC(=O)CCCCCCCCC)OC(=O)CCCCCCCCCCCCCCCCCCC(C)C. The first-order valence-corrected chi connectivity index (χ1v) is 34.6. The highest BCUT2D eigenvalue weighted by Gasteiger charge is 2.30. The van der Waals surface area contributed by atoms with Crippen molar-refractivity contribution in [1.29, 1.82) is 0 Å². The molecule has 0 amide bonds. The van der Waals surface area contributed by atoms with E-state index in [0.717, 1.165) is 121 Å². The van der Waals surface area contributed by atoms with E-state index in [-0.39, 0.29) is 25.7 Å². The number of hydrogen-bond acceptors (Lipinski definition) is 15. The van der Waals surface area contributed by atoms with Gasteiger partial charge in [-0.05, 0) is 31.6 Å². The van der Waals surface area contributed by atoms with E-state index in [2.05, 4.69) is 34.6 Å². The zero-order valence-corrected chi connectivity index (χ0v) is 52.3. The second-order valence-electron chi connectivity index (χ2n) is 22.2. The van der Waals surface area contributed by atoms with Gasteiger partial charge in [-0.1, -0.05) is 247 Å². The number of carbonyl (C=O) groups is 4. The van der Waals surface area contributed by atoms with Crippen LogP contribution in [0.1, 0.15) is 298 Å². The fourth-order valence-corrected chi connectivity index (χ4v) is 10.5.